The third-order valence-electron chi connectivity index (χ3n) is 4.74. The molecule has 0 unspecified atom stereocenters. The van der Waals surface area contributed by atoms with E-state index in [1.807, 2.05) is 0 Å². The molecule has 0 radical (unpaired) electrons. The summed E-state index contributed by atoms with van der Waals surface area (Å²) in [6.45, 7) is 9.28. The van der Waals surface area contributed by atoms with Crippen LogP contribution in [0.15, 0.2) is 12.2 Å². The van der Waals surface area contributed by atoms with Gasteiger partial charge in [0, 0.05) is 13.1 Å². The van der Waals surface area contributed by atoms with E-state index in [1.165, 1.54) is 37.9 Å². The zero-order valence-corrected chi connectivity index (χ0v) is 14.0. The minimum Gasteiger partial charge on any atom is -0.274 e. The average molecular weight is 281 g/mol. The number of amides is 1. The number of carbonyl (C=O) groups is 1. The maximum absolute atomic E-state index is 11.7. The molecule has 0 aromatic heterocycles. The third kappa shape index (κ3) is 4.93. The fourth-order valence-electron chi connectivity index (χ4n) is 3.47. The van der Waals surface area contributed by atoms with Gasteiger partial charge >= 0.3 is 0 Å². The van der Waals surface area contributed by atoms with Crippen LogP contribution in [0.5, 0.6) is 0 Å². The minimum absolute atomic E-state index is 0.0959. The van der Waals surface area contributed by atoms with Gasteiger partial charge in [-0.05, 0) is 42.4 Å². The maximum Gasteiger partial charge on any atom is 0.269 e. The van der Waals surface area contributed by atoms with Gasteiger partial charge in [0.2, 0.25) is 0 Å². The lowest BCUT2D eigenvalue weighted by Crippen LogP contribution is -2.31. The topological polar surface area (TPSA) is 29.5 Å². The fraction of sp³-hybridized carbons (Fsp3) is 0.824. The van der Waals surface area contributed by atoms with Crippen LogP contribution < -0.4 is 0 Å². The molecule has 3 heteroatoms. The van der Waals surface area contributed by atoms with Gasteiger partial charge in [0.25, 0.3) is 5.91 Å². The first-order valence-corrected chi connectivity index (χ1v) is 7.79. The molecule has 1 aliphatic rings. The summed E-state index contributed by atoms with van der Waals surface area (Å²) in [4.78, 5) is 16.6. The van der Waals surface area contributed by atoms with Crippen molar-refractivity contribution >= 4 is 5.91 Å². The molecule has 116 valence electrons. The van der Waals surface area contributed by atoms with E-state index in [0.717, 1.165) is 5.92 Å². The van der Waals surface area contributed by atoms with Crippen molar-refractivity contribution in [2.45, 2.75) is 53.4 Å². The minimum atomic E-state index is -0.0959. The van der Waals surface area contributed by atoms with E-state index in [1.54, 1.807) is 13.1 Å². The Morgan fingerprint density at radius 3 is 2.65 bits per heavy atom. The van der Waals surface area contributed by atoms with Crippen molar-refractivity contribution in [1.82, 2.24) is 5.06 Å². The average Bonchev–Trinajstić information content (AvgIpc) is 2.41. The van der Waals surface area contributed by atoms with Crippen molar-refractivity contribution in [3.05, 3.63) is 12.2 Å². The SMILES string of the molecule is CC[C@@H]1C[C@@H]([C@@H](C)/C=C/C(=O)N(C)OC)CC(C)(C)C1. The summed E-state index contributed by atoms with van der Waals surface area (Å²) in [5.41, 5.74) is 0.430. The summed E-state index contributed by atoms with van der Waals surface area (Å²) in [6, 6.07) is 0. The summed E-state index contributed by atoms with van der Waals surface area (Å²) < 4.78 is 0. The molecule has 1 amide bonds. The molecule has 3 atom stereocenters. The third-order valence-corrected chi connectivity index (χ3v) is 4.74. The van der Waals surface area contributed by atoms with Crippen LogP contribution in [-0.2, 0) is 9.63 Å². The first kappa shape index (κ1) is 17.2. The summed E-state index contributed by atoms with van der Waals surface area (Å²) in [7, 11) is 3.14. The molecule has 0 spiro atoms. The van der Waals surface area contributed by atoms with Crippen LogP contribution in [0.25, 0.3) is 0 Å². The first-order valence-electron chi connectivity index (χ1n) is 7.79. The van der Waals surface area contributed by atoms with E-state index >= 15 is 0 Å². The molecular weight excluding hydrogens is 250 g/mol. The molecule has 1 aliphatic carbocycles. The molecule has 1 fully saturated rings. The van der Waals surface area contributed by atoms with E-state index in [0.29, 0.717) is 17.3 Å². The molecule has 1 rings (SSSR count). The van der Waals surface area contributed by atoms with Crippen LogP contribution in [0.2, 0.25) is 0 Å². The van der Waals surface area contributed by atoms with Crippen LogP contribution >= 0.6 is 0 Å². The Labute approximate surface area is 124 Å². The summed E-state index contributed by atoms with van der Waals surface area (Å²) in [5.74, 6) is 1.86. The summed E-state index contributed by atoms with van der Waals surface area (Å²) in [6.07, 6.45) is 8.85. The molecule has 0 heterocycles. The van der Waals surface area contributed by atoms with E-state index in [-0.39, 0.29) is 5.91 Å². The first-order chi connectivity index (χ1) is 9.29. The monoisotopic (exact) mass is 281 g/mol. The predicted octanol–water partition coefficient (Wildman–Crippen LogP) is 4.05. The van der Waals surface area contributed by atoms with Gasteiger partial charge in [-0.15, -0.1) is 0 Å². The Bertz CT molecular complexity index is 349. The second-order valence-electron chi connectivity index (χ2n) is 7.08. The van der Waals surface area contributed by atoms with E-state index in [9.17, 15) is 4.79 Å². The largest absolute Gasteiger partial charge is 0.274 e. The molecular formula is C17H31NO2. The van der Waals surface area contributed by atoms with E-state index in [4.69, 9.17) is 4.84 Å². The highest BCUT2D eigenvalue weighted by atomic mass is 16.7. The standard InChI is InChI=1S/C17H31NO2/c1-7-14-10-15(12-17(3,4)11-14)13(2)8-9-16(19)18(5)20-6/h8-9,13-15H,7,10-12H2,1-6H3/b9-8+/t13-,14+,15+/m0/s1. The van der Waals surface area contributed by atoms with Crippen LogP contribution in [-0.4, -0.2) is 25.1 Å². The highest BCUT2D eigenvalue weighted by Crippen LogP contribution is 2.45. The van der Waals surface area contributed by atoms with Crippen molar-refractivity contribution in [2.24, 2.45) is 23.2 Å². The Kier molecular flexibility index (Phi) is 6.25. The number of hydrogen-bond acceptors (Lipinski definition) is 2. The lowest BCUT2D eigenvalue weighted by Gasteiger charge is -2.42. The smallest absolute Gasteiger partial charge is 0.269 e. The Hall–Kier alpha value is -0.830. The Balaban J connectivity index is 2.64. The van der Waals surface area contributed by atoms with E-state index in [2.05, 4.69) is 33.8 Å². The van der Waals surface area contributed by atoms with Crippen LogP contribution in [0.1, 0.15) is 53.4 Å². The van der Waals surface area contributed by atoms with Gasteiger partial charge in [0.15, 0.2) is 0 Å². The number of likely N-dealkylation sites (N-methyl/N-ethyl adjacent to an activating group) is 1. The molecule has 0 saturated heterocycles. The van der Waals surface area contributed by atoms with Crippen molar-refractivity contribution in [3.8, 4) is 0 Å². The normalized spacial score (nSPS) is 27.5. The predicted molar refractivity (Wildman–Crippen MR) is 83.0 cm³/mol. The van der Waals surface area contributed by atoms with Gasteiger partial charge in [-0.1, -0.05) is 40.2 Å². The fourth-order valence-corrected chi connectivity index (χ4v) is 3.47. The van der Waals surface area contributed by atoms with Crippen LogP contribution in [0.4, 0.5) is 0 Å². The van der Waals surface area contributed by atoms with Crippen molar-refractivity contribution in [3.63, 3.8) is 0 Å². The summed E-state index contributed by atoms with van der Waals surface area (Å²) in [5, 5.41) is 1.25. The zero-order valence-electron chi connectivity index (χ0n) is 14.0. The van der Waals surface area contributed by atoms with Crippen molar-refractivity contribution in [1.29, 1.82) is 0 Å². The quantitative estimate of drug-likeness (QED) is 0.562. The molecule has 0 aromatic rings. The van der Waals surface area contributed by atoms with Gasteiger partial charge < -0.3 is 0 Å². The Morgan fingerprint density at radius 1 is 1.45 bits per heavy atom. The molecule has 0 N–H and O–H groups in total. The number of carbonyl (C=O) groups excluding carboxylic acids is 1. The van der Waals surface area contributed by atoms with Gasteiger partial charge in [-0.25, -0.2) is 5.06 Å². The lowest BCUT2D eigenvalue weighted by atomic mass is 9.64. The van der Waals surface area contributed by atoms with Crippen LogP contribution in [0, 0.1) is 23.2 Å². The Morgan fingerprint density at radius 2 is 2.10 bits per heavy atom. The second-order valence-corrected chi connectivity index (χ2v) is 7.08. The van der Waals surface area contributed by atoms with Gasteiger partial charge in [0.1, 0.15) is 0 Å². The zero-order chi connectivity index (χ0) is 15.3. The lowest BCUT2D eigenvalue weighted by molar-refractivity contribution is -0.162. The summed E-state index contributed by atoms with van der Waals surface area (Å²) >= 11 is 0. The number of allylic oxidation sites excluding steroid dienone is 1. The molecule has 0 aliphatic heterocycles. The number of nitrogens with zero attached hydrogens (tertiary/aromatic N) is 1. The van der Waals surface area contributed by atoms with E-state index < -0.39 is 0 Å². The van der Waals surface area contributed by atoms with Crippen molar-refractivity contribution < 1.29 is 9.63 Å². The van der Waals surface area contributed by atoms with Crippen LogP contribution in [0.3, 0.4) is 0 Å². The highest BCUT2D eigenvalue weighted by Gasteiger charge is 2.34. The van der Waals surface area contributed by atoms with Gasteiger partial charge in [-0.2, -0.15) is 0 Å². The molecule has 0 aromatic carbocycles. The maximum atomic E-state index is 11.7. The number of rotatable bonds is 5. The van der Waals surface area contributed by atoms with Gasteiger partial charge in [0.05, 0.1) is 7.11 Å². The number of hydrogen-bond donors (Lipinski definition) is 0. The second kappa shape index (κ2) is 7.26. The molecule has 20 heavy (non-hydrogen) atoms. The molecule has 1 saturated carbocycles. The molecule has 3 nitrogen and oxygen atoms in total. The van der Waals surface area contributed by atoms with Gasteiger partial charge in [-0.3, -0.25) is 9.63 Å². The number of hydroxylamine groups is 2. The molecule has 0 bridgehead atoms. The highest BCUT2D eigenvalue weighted by molar-refractivity contribution is 5.86. The van der Waals surface area contributed by atoms with Crippen molar-refractivity contribution in [2.75, 3.05) is 14.2 Å².